The van der Waals surface area contributed by atoms with Crippen molar-refractivity contribution < 1.29 is 0 Å². The van der Waals surface area contributed by atoms with Gasteiger partial charge in [0.2, 0.25) is 0 Å². The Morgan fingerprint density at radius 1 is 0.750 bits per heavy atom. The van der Waals surface area contributed by atoms with E-state index in [-0.39, 0.29) is 0 Å². The maximum atomic E-state index is 3.35. The van der Waals surface area contributed by atoms with Crippen molar-refractivity contribution in [2.45, 2.75) is 58.8 Å². The highest BCUT2D eigenvalue weighted by atomic mass is 14.8. The van der Waals surface area contributed by atoms with Crippen molar-refractivity contribution in [2.75, 3.05) is 13.1 Å². The SMILES string of the molecule is CCCCCCCCCNCC. The average molecular weight is 171 g/mol. The van der Waals surface area contributed by atoms with Crippen LogP contribution in [0.3, 0.4) is 0 Å². The fourth-order valence-electron chi connectivity index (χ4n) is 1.38. The van der Waals surface area contributed by atoms with Crippen LogP contribution in [0.15, 0.2) is 0 Å². The van der Waals surface area contributed by atoms with Gasteiger partial charge in [0.05, 0.1) is 0 Å². The second-order valence-corrected chi connectivity index (χ2v) is 3.47. The minimum atomic E-state index is 1.12. The van der Waals surface area contributed by atoms with E-state index in [2.05, 4.69) is 19.2 Å². The minimum Gasteiger partial charge on any atom is -0.317 e. The Morgan fingerprint density at radius 2 is 1.33 bits per heavy atom. The molecule has 0 heterocycles. The van der Waals surface area contributed by atoms with Crippen molar-refractivity contribution in [3.63, 3.8) is 0 Å². The summed E-state index contributed by atoms with van der Waals surface area (Å²) in [6.07, 6.45) is 9.88. The quantitative estimate of drug-likeness (QED) is 0.525. The van der Waals surface area contributed by atoms with Gasteiger partial charge in [-0.15, -0.1) is 0 Å². The van der Waals surface area contributed by atoms with Gasteiger partial charge in [-0.1, -0.05) is 52.4 Å². The number of rotatable bonds is 9. The first-order valence-electron chi connectivity index (χ1n) is 5.62. The molecule has 0 bridgehead atoms. The van der Waals surface area contributed by atoms with Gasteiger partial charge in [-0.05, 0) is 19.5 Å². The van der Waals surface area contributed by atoms with E-state index in [4.69, 9.17) is 0 Å². The third kappa shape index (κ3) is 9.96. The first-order chi connectivity index (χ1) is 5.91. The number of unbranched alkanes of at least 4 members (excludes halogenated alkanes) is 6. The van der Waals surface area contributed by atoms with Gasteiger partial charge >= 0.3 is 0 Å². The van der Waals surface area contributed by atoms with Gasteiger partial charge in [0.25, 0.3) is 0 Å². The summed E-state index contributed by atoms with van der Waals surface area (Å²) in [6.45, 7) is 6.77. The zero-order valence-corrected chi connectivity index (χ0v) is 8.86. The van der Waals surface area contributed by atoms with Crippen molar-refractivity contribution in [3.05, 3.63) is 0 Å². The predicted octanol–water partition coefficient (Wildman–Crippen LogP) is 3.35. The van der Waals surface area contributed by atoms with Crippen LogP contribution in [0.5, 0.6) is 0 Å². The van der Waals surface area contributed by atoms with Crippen LogP contribution in [0.4, 0.5) is 0 Å². The monoisotopic (exact) mass is 171 g/mol. The van der Waals surface area contributed by atoms with Crippen molar-refractivity contribution in [1.82, 2.24) is 5.32 Å². The van der Waals surface area contributed by atoms with Crippen LogP contribution in [-0.4, -0.2) is 13.1 Å². The molecule has 12 heavy (non-hydrogen) atoms. The lowest BCUT2D eigenvalue weighted by Crippen LogP contribution is -2.13. The first-order valence-corrected chi connectivity index (χ1v) is 5.62. The molecule has 0 amide bonds. The Balaban J connectivity index is 2.73. The van der Waals surface area contributed by atoms with Crippen LogP contribution < -0.4 is 5.32 Å². The predicted molar refractivity (Wildman–Crippen MR) is 56.5 cm³/mol. The van der Waals surface area contributed by atoms with E-state index >= 15 is 0 Å². The van der Waals surface area contributed by atoms with Crippen molar-refractivity contribution >= 4 is 0 Å². The molecule has 0 rings (SSSR count). The number of hydrogen-bond donors (Lipinski definition) is 1. The topological polar surface area (TPSA) is 12.0 Å². The third-order valence-corrected chi connectivity index (χ3v) is 2.21. The molecule has 0 unspecified atom stereocenters. The summed E-state index contributed by atoms with van der Waals surface area (Å²) in [5.41, 5.74) is 0. The van der Waals surface area contributed by atoms with Gasteiger partial charge in [-0.2, -0.15) is 0 Å². The molecule has 0 fully saturated rings. The largest absolute Gasteiger partial charge is 0.317 e. The van der Waals surface area contributed by atoms with Gasteiger partial charge in [-0.25, -0.2) is 0 Å². The van der Waals surface area contributed by atoms with E-state index in [0.29, 0.717) is 0 Å². The Morgan fingerprint density at radius 3 is 1.92 bits per heavy atom. The molecule has 0 radical (unpaired) electrons. The van der Waals surface area contributed by atoms with Gasteiger partial charge < -0.3 is 5.32 Å². The fourth-order valence-corrected chi connectivity index (χ4v) is 1.38. The summed E-state index contributed by atoms with van der Waals surface area (Å²) in [6, 6.07) is 0. The molecule has 74 valence electrons. The summed E-state index contributed by atoms with van der Waals surface area (Å²) < 4.78 is 0. The van der Waals surface area contributed by atoms with Crippen LogP contribution in [-0.2, 0) is 0 Å². The summed E-state index contributed by atoms with van der Waals surface area (Å²) in [5.74, 6) is 0. The summed E-state index contributed by atoms with van der Waals surface area (Å²) >= 11 is 0. The Hall–Kier alpha value is -0.0400. The molecule has 0 saturated carbocycles. The third-order valence-electron chi connectivity index (χ3n) is 2.21. The molecule has 0 aliphatic rings. The fraction of sp³-hybridized carbons (Fsp3) is 1.00. The molecule has 0 aromatic heterocycles. The van der Waals surface area contributed by atoms with E-state index in [1.54, 1.807) is 0 Å². The van der Waals surface area contributed by atoms with Crippen LogP contribution in [0, 0.1) is 0 Å². The molecule has 1 heteroatoms. The van der Waals surface area contributed by atoms with Crippen molar-refractivity contribution in [3.8, 4) is 0 Å². The molecular formula is C11H25N. The van der Waals surface area contributed by atoms with Crippen molar-refractivity contribution in [1.29, 1.82) is 0 Å². The lowest BCUT2D eigenvalue weighted by atomic mass is 10.1. The van der Waals surface area contributed by atoms with E-state index in [1.165, 1.54) is 51.5 Å². The number of nitrogens with one attached hydrogen (secondary N) is 1. The van der Waals surface area contributed by atoms with Crippen LogP contribution in [0.1, 0.15) is 58.8 Å². The summed E-state index contributed by atoms with van der Waals surface area (Å²) in [7, 11) is 0. The van der Waals surface area contributed by atoms with Crippen molar-refractivity contribution in [2.24, 2.45) is 0 Å². The first kappa shape index (κ1) is 12.0. The van der Waals surface area contributed by atoms with Crippen LogP contribution in [0.2, 0.25) is 0 Å². The maximum absolute atomic E-state index is 3.35. The zero-order valence-electron chi connectivity index (χ0n) is 8.86. The molecule has 0 aliphatic carbocycles. The summed E-state index contributed by atoms with van der Waals surface area (Å²) in [4.78, 5) is 0. The Labute approximate surface area is 77.9 Å². The van der Waals surface area contributed by atoms with Crippen LogP contribution >= 0.6 is 0 Å². The molecule has 1 N–H and O–H groups in total. The highest BCUT2D eigenvalue weighted by Gasteiger charge is 1.89. The van der Waals surface area contributed by atoms with E-state index in [0.717, 1.165) is 6.54 Å². The van der Waals surface area contributed by atoms with Gasteiger partial charge in [-0.3, -0.25) is 0 Å². The standard InChI is InChI=1S/C11H25N/c1-3-5-6-7-8-9-10-11-12-4-2/h12H,3-11H2,1-2H3. The molecule has 0 aromatic rings. The normalized spacial score (nSPS) is 10.5. The van der Waals surface area contributed by atoms with E-state index in [1.807, 2.05) is 0 Å². The second kappa shape index (κ2) is 11.0. The van der Waals surface area contributed by atoms with Crippen LogP contribution in [0.25, 0.3) is 0 Å². The van der Waals surface area contributed by atoms with E-state index in [9.17, 15) is 0 Å². The highest BCUT2D eigenvalue weighted by molar-refractivity contribution is 4.47. The minimum absolute atomic E-state index is 1.12. The smallest absolute Gasteiger partial charge is 0.00490 e. The lowest BCUT2D eigenvalue weighted by molar-refractivity contribution is 0.569. The molecule has 0 spiro atoms. The molecule has 0 atom stereocenters. The lowest BCUT2D eigenvalue weighted by Gasteiger charge is -2.01. The highest BCUT2D eigenvalue weighted by Crippen LogP contribution is 2.05. The summed E-state index contributed by atoms with van der Waals surface area (Å²) in [5, 5.41) is 3.35. The maximum Gasteiger partial charge on any atom is -0.00490 e. The molecule has 0 aromatic carbocycles. The number of hydrogen-bond acceptors (Lipinski definition) is 1. The van der Waals surface area contributed by atoms with Gasteiger partial charge in [0.15, 0.2) is 0 Å². The van der Waals surface area contributed by atoms with Gasteiger partial charge in [0.1, 0.15) is 0 Å². The van der Waals surface area contributed by atoms with E-state index < -0.39 is 0 Å². The van der Waals surface area contributed by atoms with Gasteiger partial charge in [0, 0.05) is 0 Å². The average Bonchev–Trinajstić information content (AvgIpc) is 2.10. The molecule has 0 aliphatic heterocycles. The molecule has 1 nitrogen and oxygen atoms in total. The molecule has 0 saturated heterocycles. The second-order valence-electron chi connectivity index (χ2n) is 3.47. The molecular weight excluding hydrogens is 146 g/mol. The zero-order chi connectivity index (χ0) is 9.07. The Kier molecular flexibility index (Phi) is 10.9. The Bertz CT molecular complexity index is 61.4.